The topological polar surface area (TPSA) is 45.4 Å². The summed E-state index contributed by atoms with van der Waals surface area (Å²) in [5.41, 5.74) is 6.11. The molecule has 5 rings (SSSR count). The molecule has 4 aromatic carbocycles. The highest BCUT2D eigenvalue weighted by molar-refractivity contribution is 6.10. The Morgan fingerprint density at radius 2 is 1.00 bits per heavy atom. The number of aromatic hydroxyl groups is 2. The van der Waals surface area contributed by atoms with Gasteiger partial charge < -0.3 is 14.8 Å². The number of benzene rings is 4. The lowest BCUT2D eigenvalue weighted by atomic mass is 9.99. The summed E-state index contributed by atoms with van der Waals surface area (Å²) in [6, 6.07) is 28.0. The van der Waals surface area contributed by atoms with Crippen LogP contribution in [0.15, 0.2) is 84.9 Å². The highest BCUT2D eigenvalue weighted by Gasteiger charge is 2.15. The third kappa shape index (κ3) is 5.36. The molecule has 0 unspecified atom stereocenters. The predicted octanol–water partition coefficient (Wildman–Crippen LogP) is 9.68. The highest BCUT2D eigenvalue weighted by atomic mass is 16.3. The second-order valence-electron chi connectivity index (χ2n) is 10.1. The lowest BCUT2D eigenvalue weighted by Gasteiger charge is -2.09. The average molecular weight is 492 g/mol. The molecule has 0 aliphatic heterocycles. The number of nitrogens with zero attached hydrogens (tertiary/aromatic N) is 1. The quantitative estimate of drug-likeness (QED) is 0.181. The molecule has 190 valence electrons. The van der Waals surface area contributed by atoms with Crippen molar-refractivity contribution in [3.05, 3.63) is 84.9 Å². The minimum Gasteiger partial charge on any atom is -0.507 e. The lowest BCUT2D eigenvalue weighted by Crippen LogP contribution is -1.98. The Morgan fingerprint density at radius 1 is 0.541 bits per heavy atom. The van der Waals surface area contributed by atoms with Gasteiger partial charge in [0, 0.05) is 39.5 Å². The molecule has 0 amide bonds. The van der Waals surface area contributed by atoms with E-state index in [0.29, 0.717) is 11.5 Å². The molecule has 37 heavy (non-hydrogen) atoms. The molecular formula is C34H37NO2. The van der Waals surface area contributed by atoms with Crippen LogP contribution >= 0.6 is 0 Å². The summed E-state index contributed by atoms with van der Waals surface area (Å²) in [6.45, 7) is 3.25. The third-order valence-corrected chi connectivity index (χ3v) is 7.53. The molecule has 3 nitrogen and oxygen atoms in total. The Kier molecular flexibility index (Phi) is 7.79. The third-order valence-electron chi connectivity index (χ3n) is 7.53. The maximum Gasteiger partial charge on any atom is 0.123 e. The number of rotatable bonds is 11. The number of aryl methyl sites for hydroxylation is 1. The zero-order chi connectivity index (χ0) is 25.6. The van der Waals surface area contributed by atoms with Gasteiger partial charge in [0.25, 0.3) is 0 Å². The number of hydrogen-bond donors (Lipinski definition) is 2. The van der Waals surface area contributed by atoms with E-state index < -0.39 is 0 Å². The summed E-state index contributed by atoms with van der Waals surface area (Å²) < 4.78 is 2.45. The Balaban J connectivity index is 1.51. The number of phenolic OH excluding ortho intramolecular Hbond substituents is 2. The summed E-state index contributed by atoms with van der Waals surface area (Å²) in [7, 11) is 0. The van der Waals surface area contributed by atoms with Gasteiger partial charge in [-0.15, -0.1) is 0 Å². The zero-order valence-electron chi connectivity index (χ0n) is 21.8. The largest absolute Gasteiger partial charge is 0.507 e. The van der Waals surface area contributed by atoms with Gasteiger partial charge in [-0.2, -0.15) is 0 Å². The van der Waals surface area contributed by atoms with Crippen molar-refractivity contribution in [2.24, 2.45) is 0 Å². The smallest absolute Gasteiger partial charge is 0.123 e. The Labute approximate surface area is 220 Å². The van der Waals surface area contributed by atoms with E-state index in [2.05, 4.69) is 47.9 Å². The molecular weight excluding hydrogens is 454 g/mol. The molecule has 0 spiro atoms. The molecule has 2 N–H and O–H groups in total. The molecule has 0 fully saturated rings. The van der Waals surface area contributed by atoms with Crippen LogP contribution in [0.4, 0.5) is 0 Å². The first-order valence-electron chi connectivity index (χ1n) is 13.8. The Hall–Kier alpha value is -3.72. The van der Waals surface area contributed by atoms with Gasteiger partial charge in [-0.3, -0.25) is 0 Å². The monoisotopic (exact) mass is 491 g/mol. The van der Waals surface area contributed by atoms with Gasteiger partial charge in [0.1, 0.15) is 11.5 Å². The molecule has 0 aliphatic rings. The van der Waals surface area contributed by atoms with E-state index in [1.54, 1.807) is 12.1 Å². The van der Waals surface area contributed by atoms with E-state index in [4.69, 9.17) is 0 Å². The SMILES string of the molecule is CCCCCCCCCCn1c2ccc(-c3ccccc3O)cc2c2cc(-c3ccccc3O)ccc21. The molecule has 0 aliphatic carbocycles. The summed E-state index contributed by atoms with van der Waals surface area (Å²) >= 11 is 0. The minimum absolute atomic E-state index is 0.291. The first kappa shape index (κ1) is 25.0. The minimum atomic E-state index is 0.291. The van der Waals surface area contributed by atoms with Crippen LogP contribution in [-0.4, -0.2) is 14.8 Å². The summed E-state index contributed by atoms with van der Waals surface area (Å²) in [5.74, 6) is 0.582. The zero-order valence-corrected chi connectivity index (χ0v) is 21.8. The van der Waals surface area contributed by atoms with Crippen LogP contribution < -0.4 is 0 Å². The number of unbranched alkanes of at least 4 members (excludes halogenated alkanes) is 7. The van der Waals surface area contributed by atoms with Gasteiger partial charge in [-0.1, -0.05) is 100 Å². The second-order valence-corrected chi connectivity index (χ2v) is 10.1. The number of phenols is 2. The van der Waals surface area contributed by atoms with Gasteiger partial charge in [0.05, 0.1) is 0 Å². The first-order chi connectivity index (χ1) is 18.2. The number of fused-ring (bicyclic) bond motifs is 3. The number of hydrogen-bond acceptors (Lipinski definition) is 2. The van der Waals surface area contributed by atoms with Gasteiger partial charge in [0.15, 0.2) is 0 Å². The molecule has 0 bridgehead atoms. The Bertz CT molecular complexity index is 1390. The maximum atomic E-state index is 10.5. The summed E-state index contributed by atoms with van der Waals surface area (Å²) in [5, 5.41) is 23.3. The van der Waals surface area contributed by atoms with E-state index >= 15 is 0 Å². The van der Waals surface area contributed by atoms with Crippen molar-refractivity contribution in [3.8, 4) is 33.8 Å². The van der Waals surface area contributed by atoms with E-state index in [1.165, 1.54) is 66.8 Å². The average Bonchev–Trinajstić information content (AvgIpc) is 3.23. The van der Waals surface area contributed by atoms with Gasteiger partial charge in [0.2, 0.25) is 0 Å². The van der Waals surface area contributed by atoms with E-state index in [0.717, 1.165) is 35.2 Å². The molecule has 3 heteroatoms. The van der Waals surface area contributed by atoms with Crippen LogP contribution in [0.25, 0.3) is 44.1 Å². The maximum absolute atomic E-state index is 10.5. The number of aromatic nitrogens is 1. The van der Waals surface area contributed by atoms with Crippen LogP contribution in [0.3, 0.4) is 0 Å². The van der Waals surface area contributed by atoms with Gasteiger partial charge >= 0.3 is 0 Å². The van der Waals surface area contributed by atoms with Crippen molar-refractivity contribution in [2.45, 2.75) is 64.8 Å². The fourth-order valence-corrected chi connectivity index (χ4v) is 5.52. The standard InChI is InChI=1S/C34H37NO2/c1-2-3-4-5-6-7-8-13-22-35-31-20-18-25(27-14-9-11-16-33(27)36)23-29(31)30-24-26(19-21-32(30)35)28-15-10-12-17-34(28)37/h9-12,14-21,23-24,36-37H,2-8,13,22H2,1H3. The number of para-hydroxylation sites is 2. The fourth-order valence-electron chi connectivity index (χ4n) is 5.52. The van der Waals surface area contributed by atoms with Gasteiger partial charge in [-0.05, 0) is 53.9 Å². The molecule has 5 aromatic rings. The second kappa shape index (κ2) is 11.6. The highest BCUT2D eigenvalue weighted by Crippen LogP contribution is 2.38. The molecule has 1 aromatic heterocycles. The molecule has 0 radical (unpaired) electrons. The first-order valence-corrected chi connectivity index (χ1v) is 13.8. The van der Waals surface area contributed by atoms with Crippen LogP contribution in [0, 0.1) is 0 Å². The van der Waals surface area contributed by atoms with Crippen LogP contribution in [0.1, 0.15) is 58.3 Å². The molecule has 0 saturated carbocycles. The van der Waals surface area contributed by atoms with Gasteiger partial charge in [-0.25, -0.2) is 0 Å². The fraction of sp³-hybridized carbons (Fsp3) is 0.294. The molecule has 1 heterocycles. The van der Waals surface area contributed by atoms with Crippen LogP contribution in [0.5, 0.6) is 11.5 Å². The Morgan fingerprint density at radius 3 is 1.49 bits per heavy atom. The van der Waals surface area contributed by atoms with Crippen molar-refractivity contribution in [1.29, 1.82) is 0 Å². The van der Waals surface area contributed by atoms with Crippen molar-refractivity contribution >= 4 is 21.8 Å². The van der Waals surface area contributed by atoms with E-state index in [9.17, 15) is 10.2 Å². The lowest BCUT2D eigenvalue weighted by molar-refractivity contribution is 0.477. The predicted molar refractivity (Wildman–Crippen MR) is 156 cm³/mol. The van der Waals surface area contributed by atoms with Crippen molar-refractivity contribution in [3.63, 3.8) is 0 Å². The normalized spacial score (nSPS) is 11.5. The van der Waals surface area contributed by atoms with E-state index in [1.807, 2.05) is 36.4 Å². The molecule has 0 saturated heterocycles. The van der Waals surface area contributed by atoms with Crippen LogP contribution in [-0.2, 0) is 6.54 Å². The van der Waals surface area contributed by atoms with Crippen molar-refractivity contribution < 1.29 is 10.2 Å². The molecule has 0 atom stereocenters. The summed E-state index contributed by atoms with van der Waals surface area (Å²) in [6.07, 6.45) is 10.4. The van der Waals surface area contributed by atoms with Crippen molar-refractivity contribution in [1.82, 2.24) is 4.57 Å². The van der Waals surface area contributed by atoms with E-state index in [-0.39, 0.29) is 0 Å². The summed E-state index contributed by atoms with van der Waals surface area (Å²) in [4.78, 5) is 0. The van der Waals surface area contributed by atoms with Crippen molar-refractivity contribution in [2.75, 3.05) is 0 Å². The van der Waals surface area contributed by atoms with Crippen LogP contribution in [0.2, 0.25) is 0 Å².